The van der Waals surface area contributed by atoms with E-state index in [1.54, 1.807) is 12.1 Å². The van der Waals surface area contributed by atoms with Crippen molar-refractivity contribution in [1.82, 2.24) is 4.98 Å². The average molecular weight is 353 g/mol. The van der Waals surface area contributed by atoms with Gasteiger partial charge in [-0.1, -0.05) is 20.8 Å². The van der Waals surface area contributed by atoms with Crippen LogP contribution in [0.15, 0.2) is 34.8 Å². The van der Waals surface area contributed by atoms with E-state index in [2.05, 4.69) is 41.7 Å². The van der Waals surface area contributed by atoms with Gasteiger partial charge < -0.3 is 10.5 Å². The Bertz CT molecular complexity index is 653. The standard InChI is InChI=1S/C16H18BrFN2O/c1-16(2,3)14-6-10(9-19)7-15(20-14)21-13-5-4-11(18)8-12(13)17/h4-8H,9,19H2,1-3H3. The molecule has 3 nitrogen and oxygen atoms in total. The monoisotopic (exact) mass is 352 g/mol. The summed E-state index contributed by atoms with van der Waals surface area (Å²) in [6, 6.07) is 8.04. The number of hydrogen-bond acceptors (Lipinski definition) is 3. The van der Waals surface area contributed by atoms with Crippen molar-refractivity contribution in [3.05, 3.63) is 51.9 Å². The highest BCUT2D eigenvalue weighted by molar-refractivity contribution is 9.10. The third kappa shape index (κ3) is 4.02. The second kappa shape index (κ2) is 6.12. The molecule has 1 aromatic heterocycles. The van der Waals surface area contributed by atoms with E-state index in [0.717, 1.165) is 11.3 Å². The molecule has 5 heteroatoms. The largest absolute Gasteiger partial charge is 0.438 e. The van der Waals surface area contributed by atoms with Crippen LogP contribution in [-0.2, 0) is 12.0 Å². The summed E-state index contributed by atoms with van der Waals surface area (Å²) in [5, 5.41) is 0. The van der Waals surface area contributed by atoms with E-state index in [1.807, 2.05) is 6.07 Å². The molecule has 2 N–H and O–H groups in total. The maximum Gasteiger partial charge on any atom is 0.219 e. The summed E-state index contributed by atoms with van der Waals surface area (Å²) in [7, 11) is 0. The van der Waals surface area contributed by atoms with Gasteiger partial charge in [-0.05, 0) is 45.8 Å². The Morgan fingerprint density at radius 2 is 1.95 bits per heavy atom. The molecule has 0 atom stereocenters. The molecule has 112 valence electrons. The van der Waals surface area contributed by atoms with Crippen LogP contribution >= 0.6 is 15.9 Å². The van der Waals surface area contributed by atoms with Gasteiger partial charge in [0.05, 0.1) is 10.2 Å². The lowest BCUT2D eigenvalue weighted by molar-refractivity contribution is 0.446. The van der Waals surface area contributed by atoms with E-state index in [4.69, 9.17) is 10.5 Å². The highest BCUT2D eigenvalue weighted by Crippen LogP contribution is 2.31. The van der Waals surface area contributed by atoms with Crippen LogP contribution in [0, 0.1) is 5.82 Å². The topological polar surface area (TPSA) is 48.1 Å². The first-order valence-electron chi connectivity index (χ1n) is 6.64. The highest BCUT2D eigenvalue weighted by Gasteiger charge is 2.18. The van der Waals surface area contributed by atoms with E-state index in [1.165, 1.54) is 12.1 Å². The zero-order chi connectivity index (χ0) is 15.6. The third-order valence-electron chi connectivity index (χ3n) is 2.97. The summed E-state index contributed by atoms with van der Waals surface area (Å²) in [5.41, 5.74) is 7.47. The summed E-state index contributed by atoms with van der Waals surface area (Å²) in [6.07, 6.45) is 0. The van der Waals surface area contributed by atoms with Gasteiger partial charge in [-0.3, -0.25) is 0 Å². The van der Waals surface area contributed by atoms with Crippen molar-refractivity contribution in [2.24, 2.45) is 5.73 Å². The molecule has 2 aromatic rings. The van der Waals surface area contributed by atoms with E-state index in [-0.39, 0.29) is 11.2 Å². The van der Waals surface area contributed by atoms with Crippen molar-refractivity contribution < 1.29 is 9.13 Å². The molecule has 0 saturated carbocycles. The van der Waals surface area contributed by atoms with Gasteiger partial charge in [-0.15, -0.1) is 0 Å². The van der Waals surface area contributed by atoms with Crippen LogP contribution in [0.3, 0.4) is 0 Å². The van der Waals surface area contributed by atoms with Crippen LogP contribution in [0.5, 0.6) is 11.6 Å². The number of ether oxygens (including phenoxy) is 1. The van der Waals surface area contributed by atoms with Crippen LogP contribution in [0.1, 0.15) is 32.0 Å². The quantitative estimate of drug-likeness (QED) is 0.882. The first-order chi connectivity index (χ1) is 9.79. The number of benzene rings is 1. The van der Waals surface area contributed by atoms with Gasteiger partial charge in [0.25, 0.3) is 0 Å². The van der Waals surface area contributed by atoms with Gasteiger partial charge in [-0.2, -0.15) is 0 Å². The Hall–Kier alpha value is -1.46. The average Bonchev–Trinajstić information content (AvgIpc) is 2.40. The minimum Gasteiger partial charge on any atom is -0.438 e. The number of halogens is 2. The van der Waals surface area contributed by atoms with E-state index in [9.17, 15) is 4.39 Å². The van der Waals surface area contributed by atoms with Gasteiger partial charge in [-0.25, -0.2) is 9.37 Å². The first-order valence-corrected chi connectivity index (χ1v) is 7.43. The minimum atomic E-state index is -0.326. The van der Waals surface area contributed by atoms with Crippen molar-refractivity contribution >= 4 is 15.9 Å². The van der Waals surface area contributed by atoms with E-state index < -0.39 is 0 Å². The van der Waals surface area contributed by atoms with Crippen LogP contribution in [0.2, 0.25) is 0 Å². The molecule has 0 aliphatic heterocycles. The third-order valence-corrected chi connectivity index (χ3v) is 3.59. The molecule has 0 spiro atoms. The molecule has 21 heavy (non-hydrogen) atoms. The Balaban J connectivity index is 2.39. The van der Waals surface area contributed by atoms with Gasteiger partial charge >= 0.3 is 0 Å². The SMILES string of the molecule is CC(C)(C)c1cc(CN)cc(Oc2ccc(F)cc2Br)n1. The van der Waals surface area contributed by atoms with Crippen LogP contribution in [-0.4, -0.2) is 4.98 Å². The molecular weight excluding hydrogens is 335 g/mol. The fourth-order valence-electron chi connectivity index (χ4n) is 1.78. The molecule has 0 aliphatic rings. The van der Waals surface area contributed by atoms with Gasteiger partial charge in [0.1, 0.15) is 11.6 Å². The number of hydrogen-bond donors (Lipinski definition) is 1. The van der Waals surface area contributed by atoms with Gasteiger partial charge in [0.2, 0.25) is 5.88 Å². The van der Waals surface area contributed by atoms with Crippen molar-refractivity contribution in [2.45, 2.75) is 32.7 Å². The summed E-state index contributed by atoms with van der Waals surface area (Å²) in [4.78, 5) is 4.52. The molecular formula is C16H18BrFN2O. The molecule has 0 amide bonds. The lowest BCUT2D eigenvalue weighted by Gasteiger charge is -2.19. The van der Waals surface area contributed by atoms with Crippen LogP contribution < -0.4 is 10.5 Å². The molecule has 0 saturated heterocycles. The number of rotatable bonds is 3. The van der Waals surface area contributed by atoms with Crippen LogP contribution in [0.4, 0.5) is 4.39 Å². The zero-order valence-corrected chi connectivity index (χ0v) is 13.9. The van der Waals surface area contributed by atoms with Crippen molar-refractivity contribution in [3.8, 4) is 11.6 Å². The molecule has 0 bridgehead atoms. The molecule has 0 unspecified atom stereocenters. The molecule has 2 rings (SSSR count). The smallest absolute Gasteiger partial charge is 0.219 e. The van der Waals surface area contributed by atoms with Crippen molar-refractivity contribution in [1.29, 1.82) is 0 Å². The first kappa shape index (κ1) is 15.9. The molecule has 0 fully saturated rings. The second-order valence-corrected chi connectivity index (χ2v) is 6.68. The predicted molar refractivity (Wildman–Crippen MR) is 85.0 cm³/mol. The Morgan fingerprint density at radius 1 is 1.24 bits per heavy atom. The summed E-state index contributed by atoms with van der Waals surface area (Å²) in [6.45, 7) is 6.64. The van der Waals surface area contributed by atoms with Crippen LogP contribution in [0.25, 0.3) is 0 Å². The maximum atomic E-state index is 13.1. The number of pyridine rings is 1. The second-order valence-electron chi connectivity index (χ2n) is 5.83. The highest BCUT2D eigenvalue weighted by atomic mass is 79.9. The van der Waals surface area contributed by atoms with Gasteiger partial charge in [0.15, 0.2) is 0 Å². The Labute approximate surface area is 132 Å². The summed E-state index contributed by atoms with van der Waals surface area (Å²) in [5.74, 6) is 0.640. The molecule has 0 radical (unpaired) electrons. The van der Waals surface area contributed by atoms with Gasteiger partial charge in [0, 0.05) is 18.0 Å². The Morgan fingerprint density at radius 3 is 2.52 bits per heavy atom. The number of nitrogens with zero attached hydrogens (tertiary/aromatic N) is 1. The molecule has 1 aromatic carbocycles. The lowest BCUT2D eigenvalue weighted by atomic mass is 9.91. The van der Waals surface area contributed by atoms with E-state index >= 15 is 0 Å². The molecule has 1 heterocycles. The lowest BCUT2D eigenvalue weighted by Crippen LogP contribution is -2.15. The maximum absolute atomic E-state index is 13.1. The minimum absolute atomic E-state index is 0.108. The summed E-state index contributed by atoms with van der Waals surface area (Å²) < 4.78 is 19.4. The van der Waals surface area contributed by atoms with E-state index in [0.29, 0.717) is 22.6 Å². The zero-order valence-electron chi connectivity index (χ0n) is 12.3. The fraction of sp³-hybridized carbons (Fsp3) is 0.312. The fourth-order valence-corrected chi connectivity index (χ4v) is 2.22. The van der Waals surface area contributed by atoms with Crippen molar-refractivity contribution in [2.75, 3.05) is 0 Å². The Kier molecular flexibility index (Phi) is 4.64. The molecule has 0 aliphatic carbocycles. The predicted octanol–water partition coefficient (Wildman–Crippen LogP) is 4.53. The normalized spacial score (nSPS) is 11.5. The van der Waals surface area contributed by atoms with Crippen molar-refractivity contribution in [3.63, 3.8) is 0 Å². The summed E-state index contributed by atoms with van der Waals surface area (Å²) >= 11 is 3.28. The number of aromatic nitrogens is 1. The number of nitrogens with two attached hydrogens (primary N) is 1.